The topological polar surface area (TPSA) is 41.0 Å². The molecule has 1 unspecified atom stereocenters. The van der Waals surface area contributed by atoms with Gasteiger partial charge in [0.1, 0.15) is 0 Å². The van der Waals surface area contributed by atoms with E-state index in [2.05, 4.69) is 47.3 Å². The SMILES string of the molecule is Cc1ccc(N2CCCCC2CNC(C)(C)C)nn1. The molecule has 1 aliphatic rings. The molecule has 4 heteroatoms. The molecule has 1 aliphatic heterocycles. The predicted molar refractivity (Wildman–Crippen MR) is 79.5 cm³/mol. The van der Waals surface area contributed by atoms with Crippen molar-refractivity contribution in [1.82, 2.24) is 15.5 Å². The van der Waals surface area contributed by atoms with Crippen LogP contribution in [0.3, 0.4) is 0 Å². The Hall–Kier alpha value is -1.16. The molecule has 0 aliphatic carbocycles. The van der Waals surface area contributed by atoms with Gasteiger partial charge in [-0.25, -0.2) is 0 Å². The molecular weight excluding hydrogens is 236 g/mol. The first-order chi connectivity index (χ1) is 8.96. The van der Waals surface area contributed by atoms with Crippen LogP contribution in [0.25, 0.3) is 0 Å². The Morgan fingerprint density at radius 1 is 1.26 bits per heavy atom. The molecule has 1 aromatic heterocycles. The van der Waals surface area contributed by atoms with Crippen LogP contribution in [-0.2, 0) is 0 Å². The van der Waals surface area contributed by atoms with Gasteiger partial charge in [0.25, 0.3) is 0 Å². The van der Waals surface area contributed by atoms with E-state index in [1.54, 1.807) is 0 Å². The molecule has 0 bridgehead atoms. The first-order valence-electron chi connectivity index (χ1n) is 7.28. The van der Waals surface area contributed by atoms with E-state index in [0.717, 1.165) is 24.6 Å². The molecule has 1 N–H and O–H groups in total. The number of hydrogen-bond acceptors (Lipinski definition) is 4. The normalized spacial score (nSPS) is 20.6. The summed E-state index contributed by atoms with van der Waals surface area (Å²) < 4.78 is 0. The fourth-order valence-electron chi connectivity index (χ4n) is 2.48. The van der Waals surface area contributed by atoms with E-state index in [1.807, 2.05) is 13.0 Å². The molecule has 1 saturated heterocycles. The van der Waals surface area contributed by atoms with E-state index in [1.165, 1.54) is 19.3 Å². The number of anilines is 1. The van der Waals surface area contributed by atoms with Gasteiger partial charge in [-0.1, -0.05) is 0 Å². The molecule has 106 valence electrons. The summed E-state index contributed by atoms with van der Waals surface area (Å²) in [5.41, 5.74) is 1.15. The summed E-state index contributed by atoms with van der Waals surface area (Å²) in [5.74, 6) is 1.02. The summed E-state index contributed by atoms with van der Waals surface area (Å²) in [6, 6.07) is 4.67. The van der Waals surface area contributed by atoms with Gasteiger partial charge in [0.15, 0.2) is 5.82 Å². The molecule has 0 radical (unpaired) electrons. The van der Waals surface area contributed by atoms with E-state index in [9.17, 15) is 0 Å². The number of hydrogen-bond donors (Lipinski definition) is 1. The van der Waals surface area contributed by atoms with Crippen molar-refractivity contribution in [1.29, 1.82) is 0 Å². The van der Waals surface area contributed by atoms with Crippen molar-refractivity contribution in [2.45, 2.75) is 58.5 Å². The molecule has 19 heavy (non-hydrogen) atoms. The second-order valence-corrected chi connectivity index (χ2v) is 6.51. The van der Waals surface area contributed by atoms with E-state index >= 15 is 0 Å². The van der Waals surface area contributed by atoms with Gasteiger partial charge in [-0.15, -0.1) is 5.10 Å². The minimum Gasteiger partial charge on any atom is -0.351 e. The lowest BCUT2D eigenvalue weighted by molar-refractivity contribution is 0.365. The van der Waals surface area contributed by atoms with Crippen LogP contribution in [-0.4, -0.2) is 34.9 Å². The Kier molecular flexibility index (Phi) is 4.40. The third-order valence-electron chi connectivity index (χ3n) is 3.57. The molecule has 0 saturated carbocycles. The Bertz CT molecular complexity index is 394. The van der Waals surface area contributed by atoms with Crippen LogP contribution in [0.15, 0.2) is 12.1 Å². The summed E-state index contributed by atoms with van der Waals surface area (Å²) in [4.78, 5) is 2.41. The van der Waals surface area contributed by atoms with Crippen molar-refractivity contribution in [3.05, 3.63) is 17.8 Å². The Morgan fingerprint density at radius 2 is 2.05 bits per heavy atom. The summed E-state index contributed by atoms with van der Waals surface area (Å²) >= 11 is 0. The van der Waals surface area contributed by atoms with Crippen molar-refractivity contribution in [3.8, 4) is 0 Å². The Balaban J connectivity index is 2.05. The van der Waals surface area contributed by atoms with Crippen LogP contribution < -0.4 is 10.2 Å². The van der Waals surface area contributed by atoms with Gasteiger partial charge >= 0.3 is 0 Å². The van der Waals surface area contributed by atoms with Gasteiger partial charge in [0.2, 0.25) is 0 Å². The third-order valence-corrected chi connectivity index (χ3v) is 3.57. The molecule has 0 aromatic carbocycles. The van der Waals surface area contributed by atoms with Crippen LogP contribution in [0.4, 0.5) is 5.82 Å². The van der Waals surface area contributed by atoms with Crippen LogP contribution in [0.2, 0.25) is 0 Å². The molecule has 0 amide bonds. The van der Waals surface area contributed by atoms with Crippen molar-refractivity contribution < 1.29 is 0 Å². The summed E-state index contributed by atoms with van der Waals surface area (Å²) in [6.45, 7) is 10.7. The zero-order chi connectivity index (χ0) is 13.9. The first-order valence-corrected chi connectivity index (χ1v) is 7.28. The number of aryl methyl sites for hydroxylation is 1. The number of nitrogens with zero attached hydrogens (tertiary/aromatic N) is 3. The zero-order valence-corrected chi connectivity index (χ0v) is 12.6. The molecule has 2 rings (SSSR count). The molecule has 4 nitrogen and oxygen atoms in total. The lowest BCUT2D eigenvalue weighted by atomic mass is 10.0. The molecule has 1 aromatic rings. The number of piperidine rings is 1. The fraction of sp³-hybridized carbons (Fsp3) is 0.733. The smallest absolute Gasteiger partial charge is 0.151 e. The largest absolute Gasteiger partial charge is 0.351 e. The van der Waals surface area contributed by atoms with E-state index in [0.29, 0.717) is 6.04 Å². The highest BCUT2D eigenvalue weighted by Crippen LogP contribution is 2.22. The van der Waals surface area contributed by atoms with Gasteiger partial charge in [0.05, 0.1) is 5.69 Å². The van der Waals surface area contributed by atoms with Crippen LogP contribution in [0.5, 0.6) is 0 Å². The van der Waals surface area contributed by atoms with Gasteiger partial charge in [-0.2, -0.15) is 5.10 Å². The standard InChI is InChI=1S/C15H26N4/c1-12-8-9-14(18-17-12)19-10-6-5-7-13(19)11-16-15(2,3)4/h8-9,13,16H,5-7,10-11H2,1-4H3. The van der Waals surface area contributed by atoms with E-state index in [-0.39, 0.29) is 5.54 Å². The fourth-order valence-corrected chi connectivity index (χ4v) is 2.48. The van der Waals surface area contributed by atoms with Crippen molar-refractivity contribution in [2.24, 2.45) is 0 Å². The average molecular weight is 262 g/mol. The average Bonchev–Trinajstić information content (AvgIpc) is 2.37. The maximum atomic E-state index is 4.34. The van der Waals surface area contributed by atoms with Gasteiger partial charge in [-0.05, 0) is 59.1 Å². The quantitative estimate of drug-likeness (QED) is 0.909. The highest BCUT2D eigenvalue weighted by Gasteiger charge is 2.25. The van der Waals surface area contributed by atoms with Crippen molar-refractivity contribution in [2.75, 3.05) is 18.0 Å². The van der Waals surface area contributed by atoms with E-state index in [4.69, 9.17) is 0 Å². The zero-order valence-electron chi connectivity index (χ0n) is 12.6. The minimum atomic E-state index is 0.169. The van der Waals surface area contributed by atoms with E-state index < -0.39 is 0 Å². The maximum absolute atomic E-state index is 4.34. The maximum Gasteiger partial charge on any atom is 0.151 e. The predicted octanol–water partition coefficient (Wildman–Crippen LogP) is 2.53. The lowest BCUT2D eigenvalue weighted by Gasteiger charge is -2.38. The van der Waals surface area contributed by atoms with Crippen molar-refractivity contribution in [3.63, 3.8) is 0 Å². The van der Waals surface area contributed by atoms with Gasteiger partial charge < -0.3 is 10.2 Å². The van der Waals surface area contributed by atoms with Crippen LogP contribution in [0, 0.1) is 6.92 Å². The highest BCUT2D eigenvalue weighted by atomic mass is 15.3. The monoisotopic (exact) mass is 262 g/mol. The van der Waals surface area contributed by atoms with Gasteiger partial charge in [-0.3, -0.25) is 0 Å². The molecule has 1 atom stereocenters. The highest BCUT2D eigenvalue weighted by molar-refractivity contribution is 5.39. The second-order valence-electron chi connectivity index (χ2n) is 6.51. The summed E-state index contributed by atoms with van der Waals surface area (Å²) in [5, 5.41) is 12.1. The Morgan fingerprint density at radius 3 is 2.68 bits per heavy atom. The van der Waals surface area contributed by atoms with Crippen molar-refractivity contribution >= 4 is 5.82 Å². The lowest BCUT2D eigenvalue weighted by Crippen LogP contribution is -2.50. The number of rotatable bonds is 3. The number of aromatic nitrogens is 2. The third kappa shape index (κ3) is 4.16. The minimum absolute atomic E-state index is 0.169. The summed E-state index contributed by atoms with van der Waals surface area (Å²) in [7, 11) is 0. The second kappa shape index (κ2) is 5.87. The number of nitrogens with one attached hydrogen (secondary N) is 1. The van der Waals surface area contributed by atoms with Gasteiger partial charge in [0, 0.05) is 24.7 Å². The first kappa shape index (κ1) is 14.3. The van der Waals surface area contributed by atoms with Crippen LogP contribution >= 0.6 is 0 Å². The molecule has 2 heterocycles. The molecule has 0 spiro atoms. The Labute approximate surface area is 116 Å². The van der Waals surface area contributed by atoms with Crippen LogP contribution in [0.1, 0.15) is 45.7 Å². The molecule has 1 fully saturated rings. The molecular formula is C15H26N4. The summed E-state index contributed by atoms with van der Waals surface area (Å²) in [6.07, 6.45) is 3.80.